The Bertz CT molecular complexity index is 513. The second kappa shape index (κ2) is 6.52. The lowest BCUT2D eigenvalue weighted by molar-refractivity contribution is -0.150. The highest BCUT2D eigenvalue weighted by atomic mass is 16.5. The van der Waals surface area contributed by atoms with Crippen LogP contribution in [0.25, 0.3) is 0 Å². The third-order valence-corrected chi connectivity index (χ3v) is 3.50. The maximum absolute atomic E-state index is 12.4. The van der Waals surface area contributed by atoms with E-state index < -0.39 is 29.7 Å². The largest absolute Gasteiger partial charge is 0.466 e. The molecule has 1 unspecified atom stereocenters. The fourth-order valence-electron chi connectivity index (χ4n) is 2.50. The van der Waals surface area contributed by atoms with E-state index in [4.69, 9.17) is 9.47 Å². The number of carbonyl (C=O) groups excluding carboxylic acids is 3. The molecule has 5 heteroatoms. The van der Waals surface area contributed by atoms with Crippen LogP contribution in [0.4, 0.5) is 0 Å². The minimum absolute atomic E-state index is 0.216. The lowest BCUT2D eigenvalue weighted by atomic mass is 10.1. The van der Waals surface area contributed by atoms with Crippen molar-refractivity contribution in [2.24, 2.45) is 17.8 Å². The third-order valence-electron chi connectivity index (χ3n) is 3.50. The molecule has 1 saturated carbocycles. The van der Waals surface area contributed by atoms with Crippen LogP contribution in [0, 0.1) is 17.8 Å². The van der Waals surface area contributed by atoms with Crippen LogP contribution in [0.15, 0.2) is 30.3 Å². The van der Waals surface area contributed by atoms with Gasteiger partial charge in [0.15, 0.2) is 5.78 Å². The second-order valence-corrected chi connectivity index (χ2v) is 4.81. The fourth-order valence-corrected chi connectivity index (χ4v) is 2.50. The zero-order valence-electron chi connectivity index (χ0n) is 12.1. The number of esters is 2. The lowest BCUT2D eigenvalue weighted by Gasteiger charge is -2.00. The maximum Gasteiger partial charge on any atom is 0.310 e. The van der Waals surface area contributed by atoms with Crippen molar-refractivity contribution in [2.75, 3.05) is 13.2 Å². The number of ketones is 1. The average Bonchev–Trinajstić information content (AvgIpc) is 3.23. The molecule has 0 N–H and O–H groups in total. The van der Waals surface area contributed by atoms with E-state index in [1.54, 1.807) is 44.2 Å². The predicted molar refractivity (Wildman–Crippen MR) is 74.5 cm³/mol. The van der Waals surface area contributed by atoms with Crippen LogP contribution in [0.5, 0.6) is 0 Å². The van der Waals surface area contributed by atoms with E-state index in [0.29, 0.717) is 5.56 Å². The Hall–Kier alpha value is -2.17. The Balaban J connectivity index is 2.17. The minimum atomic E-state index is -0.725. The van der Waals surface area contributed by atoms with Gasteiger partial charge in [0.2, 0.25) is 0 Å². The fraction of sp³-hybridized carbons (Fsp3) is 0.438. The van der Waals surface area contributed by atoms with Gasteiger partial charge in [-0.1, -0.05) is 30.3 Å². The SMILES string of the molecule is CCOC(=O)[C@@H]1C(C(=O)c2ccccc2)[C@@H]1C(=O)OCC. The first kappa shape index (κ1) is 15.2. The quantitative estimate of drug-likeness (QED) is 0.591. The summed E-state index contributed by atoms with van der Waals surface area (Å²) in [5.74, 6) is -3.36. The Kier molecular flexibility index (Phi) is 4.73. The van der Waals surface area contributed by atoms with Crippen LogP contribution in [0.2, 0.25) is 0 Å². The molecule has 0 aromatic heterocycles. The zero-order chi connectivity index (χ0) is 15.4. The molecule has 5 nitrogen and oxygen atoms in total. The van der Waals surface area contributed by atoms with E-state index in [9.17, 15) is 14.4 Å². The van der Waals surface area contributed by atoms with Gasteiger partial charge >= 0.3 is 11.9 Å². The molecule has 0 radical (unpaired) electrons. The first-order valence-corrected chi connectivity index (χ1v) is 7.04. The van der Waals surface area contributed by atoms with Gasteiger partial charge in [-0.05, 0) is 13.8 Å². The molecule has 0 amide bonds. The number of ether oxygens (including phenoxy) is 2. The number of carbonyl (C=O) groups is 3. The highest BCUT2D eigenvalue weighted by Crippen LogP contribution is 2.49. The molecular weight excluding hydrogens is 272 g/mol. The minimum Gasteiger partial charge on any atom is -0.466 e. The monoisotopic (exact) mass is 290 g/mol. The third kappa shape index (κ3) is 3.12. The van der Waals surface area contributed by atoms with E-state index in [-0.39, 0.29) is 19.0 Å². The van der Waals surface area contributed by atoms with Gasteiger partial charge in [0.25, 0.3) is 0 Å². The normalized spacial score (nSPS) is 23.2. The van der Waals surface area contributed by atoms with Crippen molar-refractivity contribution in [3.8, 4) is 0 Å². The first-order chi connectivity index (χ1) is 10.1. The van der Waals surface area contributed by atoms with Crippen LogP contribution >= 0.6 is 0 Å². The Morgan fingerprint density at radius 1 is 0.857 bits per heavy atom. The predicted octanol–water partition coefficient (Wildman–Crippen LogP) is 1.86. The highest BCUT2D eigenvalue weighted by molar-refractivity contribution is 6.07. The van der Waals surface area contributed by atoms with E-state index in [0.717, 1.165) is 0 Å². The summed E-state index contributed by atoms with van der Waals surface area (Å²) in [6, 6.07) is 8.63. The molecule has 0 saturated heterocycles. The smallest absolute Gasteiger partial charge is 0.310 e. The van der Waals surface area contributed by atoms with E-state index >= 15 is 0 Å². The van der Waals surface area contributed by atoms with E-state index in [2.05, 4.69) is 0 Å². The lowest BCUT2D eigenvalue weighted by Crippen LogP contribution is -2.13. The molecule has 1 aliphatic carbocycles. The molecule has 1 aliphatic rings. The summed E-state index contributed by atoms with van der Waals surface area (Å²) in [6.45, 7) is 3.82. The summed E-state index contributed by atoms with van der Waals surface area (Å²) < 4.78 is 9.88. The summed E-state index contributed by atoms with van der Waals surface area (Å²) in [5, 5.41) is 0. The van der Waals surface area contributed by atoms with Crippen LogP contribution in [-0.4, -0.2) is 30.9 Å². The van der Waals surface area contributed by atoms with Gasteiger partial charge in [0.05, 0.1) is 31.0 Å². The van der Waals surface area contributed by atoms with Crippen LogP contribution in [0.1, 0.15) is 24.2 Å². The highest BCUT2D eigenvalue weighted by Gasteiger charge is 2.64. The molecule has 1 aromatic rings. The van der Waals surface area contributed by atoms with Crippen LogP contribution < -0.4 is 0 Å². The van der Waals surface area contributed by atoms with Gasteiger partial charge in [-0.3, -0.25) is 14.4 Å². The summed E-state index contributed by atoms with van der Waals surface area (Å²) >= 11 is 0. The molecule has 112 valence electrons. The van der Waals surface area contributed by atoms with Crippen molar-refractivity contribution in [2.45, 2.75) is 13.8 Å². The number of rotatable bonds is 6. The summed E-state index contributed by atoms with van der Waals surface area (Å²) in [4.78, 5) is 36.2. The van der Waals surface area contributed by atoms with E-state index in [1.165, 1.54) is 0 Å². The summed E-state index contributed by atoms with van der Waals surface area (Å²) in [5.41, 5.74) is 0.489. The van der Waals surface area contributed by atoms with Crippen LogP contribution in [0.3, 0.4) is 0 Å². The van der Waals surface area contributed by atoms with Crippen molar-refractivity contribution in [3.63, 3.8) is 0 Å². The number of Topliss-reactive ketones (excluding diaryl/α,β-unsaturated/α-hetero) is 1. The van der Waals surface area contributed by atoms with E-state index in [1.807, 2.05) is 0 Å². The summed E-state index contributed by atoms with van der Waals surface area (Å²) in [6.07, 6.45) is 0. The average molecular weight is 290 g/mol. The van der Waals surface area contributed by atoms with Crippen molar-refractivity contribution < 1.29 is 23.9 Å². The molecule has 1 fully saturated rings. The number of hydrogen-bond donors (Lipinski definition) is 0. The Labute approximate surface area is 123 Å². The topological polar surface area (TPSA) is 69.7 Å². The Morgan fingerprint density at radius 2 is 1.33 bits per heavy atom. The van der Waals surface area contributed by atoms with Crippen LogP contribution in [-0.2, 0) is 19.1 Å². The molecule has 0 spiro atoms. The van der Waals surface area contributed by atoms with Crippen molar-refractivity contribution in [1.82, 2.24) is 0 Å². The van der Waals surface area contributed by atoms with Crippen molar-refractivity contribution in [3.05, 3.63) is 35.9 Å². The maximum atomic E-state index is 12.4. The molecular formula is C16H18O5. The van der Waals surface area contributed by atoms with Gasteiger partial charge in [-0.2, -0.15) is 0 Å². The molecule has 21 heavy (non-hydrogen) atoms. The molecule has 0 bridgehead atoms. The van der Waals surface area contributed by atoms with Gasteiger partial charge < -0.3 is 9.47 Å². The van der Waals surface area contributed by atoms with Gasteiger partial charge in [-0.25, -0.2) is 0 Å². The first-order valence-electron chi connectivity index (χ1n) is 7.04. The molecule has 3 atom stereocenters. The summed E-state index contributed by atoms with van der Waals surface area (Å²) in [7, 11) is 0. The van der Waals surface area contributed by atoms with Gasteiger partial charge in [-0.15, -0.1) is 0 Å². The molecule has 0 aliphatic heterocycles. The second-order valence-electron chi connectivity index (χ2n) is 4.81. The zero-order valence-corrected chi connectivity index (χ0v) is 12.1. The molecule has 0 heterocycles. The molecule has 2 rings (SSSR count). The standard InChI is InChI=1S/C16H18O5/c1-3-20-15(18)12-11(13(12)16(19)21-4-2)14(17)10-8-6-5-7-9-10/h5-9,11-13H,3-4H2,1-2H3/t11?,12-,13+. The van der Waals surface area contributed by atoms with Gasteiger partial charge in [0.1, 0.15) is 0 Å². The van der Waals surface area contributed by atoms with Crippen molar-refractivity contribution in [1.29, 1.82) is 0 Å². The number of benzene rings is 1. The van der Waals surface area contributed by atoms with Crippen molar-refractivity contribution >= 4 is 17.7 Å². The Morgan fingerprint density at radius 3 is 1.76 bits per heavy atom. The van der Waals surface area contributed by atoms with Gasteiger partial charge in [0, 0.05) is 5.56 Å². The molecule has 1 aromatic carbocycles. The number of hydrogen-bond acceptors (Lipinski definition) is 5.